The zero-order valence-electron chi connectivity index (χ0n) is 18.3. The summed E-state index contributed by atoms with van der Waals surface area (Å²) < 4.78 is 50.5. The second kappa shape index (κ2) is 9.27. The van der Waals surface area contributed by atoms with Crippen molar-refractivity contribution in [3.63, 3.8) is 0 Å². The van der Waals surface area contributed by atoms with Gasteiger partial charge in [-0.25, -0.2) is 24.4 Å². The van der Waals surface area contributed by atoms with Crippen molar-refractivity contribution in [2.45, 2.75) is 65.2 Å². The van der Waals surface area contributed by atoms with Gasteiger partial charge in [-0.1, -0.05) is 0 Å². The van der Waals surface area contributed by atoms with Crippen LogP contribution in [0.25, 0.3) is 0 Å². The minimum Gasteiger partial charge on any atom is -0.444 e. The van der Waals surface area contributed by atoms with Gasteiger partial charge in [0, 0.05) is 6.54 Å². The Kier molecular flexibility index (Phi) is 6.86. The van der Waals surface area contributed by atoms with Crippen molar-refractivity contribution >= 4 is 11.9 Å². The van der Waals surface area contributed by atoms with Crippen molar-refractivity contribution < 1.29 is 27.4 Å². The number of carbonyl (C=O) groups is 1. The van der Waals surface area contributed by atoms with E-state index in [1.807, 2.05) is 0 Å². The Hall–Kier alpha value is -2.96. The second-order valence-corrected chi connectivity index (χ2v) is 8.41. The SMILES string of the molecule is CC(COCc1nc2n(n1)CCN(c1cnc(C(F)(F)F)cn1)C2)NC(=O)OC(C)(C)C. The van der Waals surface area contributed by atoms with E-state index < -0.39 is 23.6 Å². The van der Waals surface area contributed by atoms with Crippen molar-refractivity contribution in [1.82, 2.24) is 30.0 Å². The van der Waals surface area contributed by atoms with E-state index in [-0.39, 0.29) is 19.3 Å². The van der Waals surface area contributed by atoms with E-state index in [0.29, 0.717) is 37.1 Å². The number of halogens is 3. The Labute approximate surface area is 183 Å². The lowest BCUT2D eigenvalue weighted by atomic mass is 10.2. The maximum Gasteiger partial charge on any atom is 0.434 e. The van der Waals surface area contributed by atoms with Gasteiger partial charge in [-0.15, -0.1) is 0 Å². The average molecular weight is 457 g/mol. The molecule has 1 aliphatic heterocycles. The van der Waals surface area contributed by atoms with Gasteiger partial charge in [0.25, 0.3) is 0 Å². The van der Waals surface area contributed by atoms with E-state index in [4.69, 9.17) is 9.47 Å². The van der Waals surface area contributed by atoms with Crippen LogP contribution >= 0.6 is 0 Å². The standard InChI is InChI=1S/C19H26F3N7O3/c1-12(25-17(30)32-18(2,3)4)10-31-11-14-26-16-9-28(5-6-29(16)27-14)15-8-23-13(7-24-15)19(20,21)22/h7-8,12H,5-6,9-11H2,1-4H3,(H,25,30). The van der Waals surface area contributed by atoms with Crippen molar-refractivity contribution in [3.05, 3.63) is 29.7 Å². The fourth-order valence-corrected chi connectivity index (χ4v) is 2.95. The highest BCUT2D eigenvalue weighted by atomic mass is 19.4. The zero-order chi connectivity index (χ0) is 23.5. The minimum absolute atomic E-state index is 0.153. The number of amides is 1. The summed E-state index contributed by atoms with van der Waals surface area (Å²) in [4.78, 5) is 25.3. The number of carbonyl (C=O) groups excluding carboxylic acids is 1. The van der Waals surface area contributed by atoms with Crippen molar-refractivity contribution in [2.75, 3.05) is 18.1 Å². The number of rotatable bonds is 6. The lowest BCUT2D eigenvalue weighted by molar-refractivity contribution is -0.141. The third-order valence-corrected chi connectivity index (χ3v) is 4.32. The number of alkyl carbamates (subject to hydrolysis) is 1. The van der Waals surface area contributed by atoms with Crippen LogP contribution in [0, 0.1) is 0 Å². The first-order valence-electron chi connectivity index (χ1n) is 10.0. The molecule has 0 bridgehead atoms. The molecular weight excluding hydrogens is 431 g/mol. The number of nitrogens with zero attached hydrogens (tertiary/aromatic N) is 6. The van der Waals surface area contributed by atoms with E-state index in [0.717, 1.165) is 12.4 Å². The fourth-order valence-electron chi connectivity index (χ4n) is 2.95. The molecule has 1 N–H and O–H groups in total. The van der Waals surface area contributed by atoms with Gasteiger partial charge in [0.05, 0.1) is 38.1 Å². The Balaban J connectivity index is 1.49. The van der Waals surface area contributed by atoms with Gasteiger partial charge in [-0.3, -0.25) is 0 Å². The van der Waals surface area contributed by atoms with Crippen molar-refractivity contribution in [2.24, 2.45) is 0 Å². The summed E-state index contributed by atoms with van der Waals surface area (Å²) in [6.07, 6.45) is -3.21. The normalized spacial score (nSPS) is 15.3. The number of hydrogen-bond acceptors (Lipinski definition) is 8. The molecule has 32 heavy (non-hydrogen) atoms. The zero-order valence-corrected chi connectivity index (χ0v) is 18.3. The molecule has 176 valence electrons. The molecule has 0 saturated carbocycles. The first kappa shape index (κ1) is 23.7. The van der Waals surface area contributed by atoms with Crippen LogP contribution in [0.1, 0.15) is 45.0 Å². The maximum absolute atomic E-state index is 12.7. The van der Waals surface area contributed by atoms with Crippen LogP contribution in [0.3, 0.4) is 0 Å². The van der Waals surface area contributed by atoms with E-state index in [2.05, 4.69) is 25.4 Å². The number of ether oxygens (including phenoxy) is 2. The molecule has 13 heteroatoms. The number of alkyl halides is 3. The lowest BCUT2D eigenvalue weighted by Gasteiger charge is -2.27. The van der Waals surface area contributed by atoms with Gasteiger partial charge in [0.15, 0.2) is 11.5 Å². The van der Waals surface area contributed by atoms with Crippen LogP contribution in [0.15, 0.2) is 12.4 Å². The van der Waals surface area contributed by atoms with Crippen molar-refractivity contribution in [1.29, 1.82) is 0 Å². The van der Waals surface area contributed by atoms with Gasteiger partial charge < -0.3 is 19.7 Å². The van der Waals surface area contributed by atoms with Gasteiger partial charge in [-0.05, 0) is 27.7 Å². The molecule has 2 aromatic rings. The summed E-state index contributed by atoms with van der Waals surface area (Å²) in [7, 11) is 0. The molecule has 0 spiro atoms. The van der Waals surface area contributed by atoms with Crippen LogP contribution in [0.2, 0.25) is 0 Å². The maximum atomic E-state index is 12.7. The summed E-state index contributed by atoms with van der Waals surface area (Å²) >= 11 is 0. The van der Waals surface area contributed by atoms with Crippen LogP contribution in [-0.4, -0.2) is 55.6 Å². The number of fused-ring (bicyclic) bond motifs is 1. The fraction of sp³-hybridized carbons (Fsp3) is 0.632. The number of nitrogens with one attached hydrogen (secondary N) is 1. The minimum atomic E-state index is -4.53. The number of anilines is 1. The largest absolute Gasteiger partial charge is 0.444 e. The second-order valence-electron chi connectivity index (χ2n) is 8.41. The lowest BCUT2D eigenvalue weighted by Crippen LogP contribution is -2.39. The highest BCUT2D eigenvalue weighted by Gasteiger charge is 2.33. The average Bonchev–Trinajstić information content (AvgIpc) is 3.07. The Morgan fingerprint density at radius 3 is 2.59 bits per heavy atom. The third kappa shape index (κ3) is 6.52. The quantitative estimate of drug-likeness (QED) is 0.705. The Bertz CT molecular complexity index is 926. The number of hydrogen-bond donors (Lipinski definition) is 1. The molecule has 0 saturated heterocycles. The topological polar surface area (TPSA) is 107 Å². The van der Waals surface area contributed by atoms with Gasteiger partial charge >= 0.3 is 12.3 Å². The summed E-state index contributed by atoms with van der Waals surface area (Å²) in [6.45, 7) is 8.88. The molecule has 1 aliphatic rings. The van der Waals surface area contributed by atoms with E-state index in [1.54, 1.807) is 37.3 Å². The molecule has 1 unspecified atom stereocenters. The van der Waals surface area contributed by atoms with Crippen LogP contribution < -0.4 is 10.2 Å². The third-order valence-electron chi connectivity index (χ3n) is 4.32. The predicted octanol–water partition coefficient (Wildman–Crippen LogP) is 2.54. The molecular formula is C19H26F3N7O3. The Morgan fingerprint density at radius 2 is 1.97 bits per heavy atom. The molecule has 2 aromatic heterocycles. The molecule has 3 heterocycles. The summed E-state index contributed by atoms with van der Waals surface area (Å²) in [5, 5.41) is 7.08. The van der Waals surface area contributed by atoms with Crippen LogP contribution in [0.4, 0.5) is 23.8 Å². The van der Waals surface area contributed by atoms with Crippen LogP contribution in [0.5, 0.6) is 0 Å². The molecule has 10 nitrogen and oxygen atoms in total. The highest BCUT2D eigenvalue weighted by molar-refractivity contribution is 5.68. The van der Waals surface area contributed by atoms with Gasteiger partial charge in [0.1, 0.15) is 23.9 Å². The van der Waals surface area contributed by atoms with E-state index >= 15 is 0 Å². The molecule has 1 amide bonds. The Morgan fingerprint density at radius 1 is 1.22 bits per heavy atom. The summed E-state index contributed by atoms with van der Waals surface area (Å²) in [5.41, 5.74) is -1.61. The monoisotopic (exact) mass is 457 g/mol. The molecule has 0 radical (unpaired) electrons. The van der Waals surface area contributed by atoms with E-state index in [1.165, 1.54) is 0 Å². The van der Waals surface area contributed by atoms with Gasteiger partial charge in [0.2, 0.25) is 0 Å². The summed E-state index contributed by atoms with van der Waals surface area (Å²) in [6, 6.07) is -0.268. The first-order valence-corrected chi connectivity index (χ1v) is 10.0. The summed E-state index contributed by atoms with van der Waals surface area (Å²) in [5.74, 6) is 1.47. The smallest absolute Gasteiger partial charge is 0.434 e. The predicted molar refractivity (Wildman–Crippen MR) is 107 cm³/mol. The molecule has 1 atom stereocenters. The molecule has 3 rings (SSSR count). The molecule has 0 fully saturated rings. The number of aromatic nitrogens is 5. The molecule has 0 aliphatic carbocycles. The van der Waals surface area contributed by atoms with E-state index in [9.17, 15) is 18.0 Å². The van der Waals surface area contributed by atoms with Crippen LogP contribution in [-0.2, 0) is 35.3 Å². The molecule has 0 aromatic carbocycles. The first-order chi connectivity index (χ1) is 14.9. The van der Waals surface area contributed by atoms with Crippen molar-refractivity contribution in [3.8, 4) is 0 Å². The highest BCUT2D eigenvalue weighted by Crippen LogP contribution is 2.27. The van der Waals surface area contributed by atoms with Gasteiger partial charge in [-0.2, -0.15) is 18.3 Å².